The van der Waals surface area contributed by atoms with Crippen molar-refractivity contribution in [3.8, 4) is 0 Å². The Morgan fingerprint density at radius 2 is 1.94 bits per heavy atom. The molecule has 2 atom stereocenters. The fourth-order valence-corrected chi connectivity index (χ4v) is 2.25. The Balaban J connectivity index is 3.82. The van der Waals surface area contributed by atoms with Crippen molar-refractivity contribution in [2.45, 2.75) is 71.3 Å². The second kappa shape index (κ2) is 11.0. The molecule has 0 saturated carbocycles. The summed E-state index contributed by atoms with van der Waals surface area (Å²) in [4.78, 5) is 10.8. The van der Waals surface area contributed by atoms with E-state index in [4.69, 9.17) is 0 Å². The first kappa shape index (κ1) is 16.9. The van der Waals surface area contributed by atoms with Gasteiger partial charge in [0.1, 0.15) is 0 Å². The lowest BCUT2D eigenvalue weighted by Gasteiger charge is -2.12. The number of unbranched alkanes of at least 4 members (excludes halogenated alkanes) is 1. The zero-order valence-corrected chi connectivity index (χ0v) is 11.9. The van der Waals surface area contributed by atoms with Crippen LogP contribution in [0.2, 0.25) is 0 Å². The largest absolute Gasteiger partial charge is 0.264 e. The molecular weight excluding hydrogens is 226 g/mol. The molecule has 0 radical (unpaired) electrons. The van der Waals surface area contributed by atoms with Crippen molar-refractivity contribution in [1.29, 1.82) is 0 Å². The van der Waals surface area contributed by atoms with Gasteiger partial charge in [0.15, 0.2) is 0 Å². The molecule has 3 heteroatoms. The maximum absolute atomic E-state index is 10.9. The van der Waals surface area contributed by atoms with E-state index < -0.39 is 0 Å². The molecule has 0 aromatic heterocycles. The first-order chi connectivity index (χ1) is 8.61. The van der Waals surface area contributed by atoms with Crippen LogP contribution in [0.5, 0.6) is 0 Å². The molecule has 0 heterocycles. The van der Waals surface area contributed by atoms with E-state index in [1.54, 1.807) is 0 Å². The van der Waals surface area contributed by atoms with Crippen molar-refractivity contribution in [2.75, 3.05) is 0 Å². The summed E-state index contributed by atoms with van der Waals surface area (Å²) < 4.78 is 0. The van der Waals surface area contributed by atoms with Crippen molar-refractivity contribution in [3.05, 3.63) is 28.5 Å². The van der Waals surface area contributed by atoms with Gasteiger partial charge in [0.25, 0.3) is 0 Å². The standard InChI is InChI=1S/C15H27NO2/c1-4-6-7-8-12-15(16(17)18)13-9-11-14(3)10-5-2/h6,14-15H,1,5,7-13H2,2-3H3. The zero-order valence-electron chi connectivity index (χ0n) is 11.9. The second-order valence-electron chi connectivity index (χ2n) is 5.10. The van der Waals surface area contributed by atoms with Crippen molar-refractivity contribution < 1.29 is 4.92 Å². The number of hydrogen-bond acceptors (Lipinski definition) is 2. The lowest BCUT2D eigenvalue weighted by molar-refractivity contribution is -0.524. The molecule has 2 unspecified atom stereocenters. The highest BCUT2D eigenvalue weighted by atomic mass is 16.6. The maximum atomic E-state index is 10.9. The molecule has 0 amide bonds. The van der Waals surface area contributed by atoms with Gasteiger partial charge in [0.2, 0.25) is 6.04 Å². The quantitative estimate of drug-likeness (QED) is 0.231. The summed E-state index contributed by atoms with van der Waals surface area (Å²) in [6.07, 6.45) is 9.47. The van der Waals surface area contributed by atoms with Gasteiger partial charge in [0.05, 0.1) is 0 Å². The Bertz CT molecular complexity index is 270. The highest BCUT2D eigenvalue weighted by molar-refractivity contribution is 4.75. The smallest absolute Gasteiger partial charge is 0.213 e. The van der Waals surface area contributed by atoms with Crippen LogP contribution >= 0.6 is 0 Å². The number of nitro groups is 1. The first-order valence-electron chi connectivity index (χ1n) is 7.09. The topological polar surface area (TPSA) is 43.1 Å². The van der Waals surface area contributed by atoms with E-state index >= 15 is 0 Å². The van der Waals surface area contributed by atoms with E-state index in [1.807, 2.05) is 6.08 Å². The van der Waals surface area contributed by atoms with Crippen molar-refractivity contribution >= 4 is 0 Å². The van der Waals surface area contributed by atoms with E-state index in [-0.39, 0.29) is 11.0 Å². The third-order valence-electron chi connectivity index (χ3n) is 3.34. The van der Waals surface area contributed by atoms with Gasteiger partial charge in [-0.25, -0.2) is 0 Å². The Morgan fingerprint density at radius 3 is 2.50 bits per heavy atom. The second-order valence-corrected chi connectivity index (χ2v) is 5.10. The van der Waals surface area contributed by atoms with Crippen molar-refractivity contribution in [2.24, 2.45) is 5.92 Å². The summed E-state index contributed by atoms with van der Waals surface area (Å²) in [5.74, 6) is 0.700. The zero-order chi connectivity index (χ0) is 13.8. The monoisotopic (exact) mass is 253 g/mol. The van der Waals surface area contributed by atoms with Gasteiger partial charge in [-0.05, 0) is 31.3 Å². The van der Waals surface area contributed by atoms with Crippen LogP contribution < -0.4 is 0 Å². The number of rotatable bonds is 11. The Hall–Kier alpha value is -1.08. The van der Waals surface area contributed by atoms with Gasteiger partial charge in [-0.15, -0.1) is 5.73 Å². The minimum Gasteiger partial charge on any atom is -0.264 e. The highest BCUT2D eigenvalue weighted by Crippen LogP contribution is 2.17. The van der Waals surface area contributed by atoms with E-state index in [0.717, 1.165) is 32.1 Å². The maximum Gasteiger partial charge on any atom is 0.213 e. The molecule has 0 aliphatic rings. The van der Waals surface area contributed by atoms with Crippen molar-refractivity contribution in [3.63, 3.8) is 0 Å². The van der Waals surface area contributed by atoms with Gasteiger partial charge in [-0.2, -0.15) is 0 Å². The molecule has 0 spiro atoms. The molecule has 0 fully saturated rings. The van der Waals surface area contributed by atoms with E-state index in [0.29, 0.717) is 12.3 Å². The van der Waals surface area contributed by atoms with E-state index in [1.165, 1.54) is 12.8 Å². The SMILES string of the molecule is C=C=CCCCC(CCCC(C)CCC)[N+](=O)[O-]. The van der Waals surface area contributed by atoms with Gasteiger partial charge >= 0.3 is 0 Å². The molecule has 0 aliphatic carbocycles. The summed E-state index contributed by atoms with van der Waals surface area (Å²) in [5, 5.41) is 10.9. The van der Waals surface area contributed by atoms with Gasteiger partial charge in [-0.3, -0.25) is 10.1 Å². The molecule has 3 nitrogen and oxygen atoms in total. The molecule has 0 saturated heterocycles. The summed E-state index contributed by atoms with van der Waals surface area (Å²) >= 11 is 0. The summed E-state index contributed by atoms with van der Waals surface area (Å²) in [6.45, 7) is 7.90. The molecule has 0 rings (SSSR count). The molecule has 0 bridgehead atoms. The molecule has 0 N–H and O–H groups in total. The molecule has 0 aromatic carbocycles. The average molecular weight is 253 g/mol. The van der Waals surface area contributed by atoms with E-state index in [9.17, 15) is 10.1 Å². The van der Waals surface area contributed by atoms with Crippen LogP contribution in [0.15, 0.2) is 18.4 Å². The minimum atomic E-state index is -0.364. The fourth-order valence-electron chi connectivity index (χ4n) is 2.25. The van der Waals surface area contributed by atoms with Crippen LogP contribution in [0.1, 0.15) is 65.2 Å². The van der Waals surface area contributed by atoms with Crippen LogP contribution in [0.3, 0.4) is 0 Å². The first-order valence-corrected chi connectivity index (χ1v) is 7.09. The highest BCUT2D eigenvalue weighted by Gasteiger charge is 2.18. The third kappa shape index (κ3) is 9.00. The predicted octanol–water partition coefficient (Wildman–Crippen LogP) is 4.75. The van der Waals surface area contributed by atoms with Crippen LogP contribution in [0.4, 0.5) is 0 Å². The Kier molecular flexibility index (Phi) is 10.4. The average Bonchev–Trinajstić information content (AvgIpc) is 2.32. The van der Waals surface area contributed by atoms with Crippen molar-refractivity contribution in [1.82, 2.24) is 0 Å². The fraction of sp³-hybridized carbons (Fsp3) is 0.800. The van der Waals surface area contributed by atoms with Crippen LogP contribution in [0, 0.1) is 16.0 Å². The number of hydrogen-bond donors (Lipinski definition) is 0. The summed E-state index contributed by atoms with van der Waals surface area (Å²) in [7, 11) is 0. The minimum absolute atomic E-state index is 0.109. The van der Waals surface area contributed by atoms with Gasteiger partial charge in [-0.1, -0.05) is 39.7 Å². The normalized spacial score (nSPS) is 13.7. The predicted molar refractivity (Wildman–Crippen MR) is 76.3 cm³/mol. The van der Waals surface area contributed by atoms with Crippen LogP contribution in [0.25, 0.3) is 0 Å². The van der Waals surface area contributed by atoms with Gasteiger partial charge < -0.3 is 0 Å². The van der Waals surface area contributed by atoms with Crippen LogP contribution in [-0.4, -0.2) is 11.0 Å². The Labute approximate surface area is 111 Å². The number of nitrogens with zero attached hydrogens (tertiary/aromatic N) is 1. The summed E-state index contributed by atoms with van der Waals surface area (Å²) in [6, 6.07) is -0.364. The lowest BCUT2D eigenvalue weighted by atomic mass is 9.96. The molecule has 18 heavy (non-hydrogen) atoms. The molecule has 0 aliphatic heterocycles. The molecule has 0 aromatic rings. The lowest BCUT2D eigenvalue weighted by Crippen LogP contribution is -2.19. The number of allylic oxidation sites excluding steroid dienone is 1. The van der Waals surface area contributed by atoms with Gasteiger partial charge in [0, 0.05) is 17.8 Å². The Morgan fingerprint density at radius 1 is 1.28 bits per heavy atom. The van der Waals surface area contributed by atoms with Crippen LogP contribution in [-0.2, 0) is 0 Å². The summed E-state index contributed by atoms with van der Waals surface area (Å²) in [5.41, 5.74) is 2.70. The van der Waals surface area contributed by atoms with E-state index in [2.05, 4.69) is 26.2 Å². The molecular formula is C15H27NO2. The third-order valence-corrected chi connectivity index (χ3v) is 3.34. The molecule has 104 valence electrons.